The Kier molecular flexibility index (Phi) is 7.07. The summed E-state index contributed by atoms with van der Waals surface area (Å²) in [6, 6.07) is 10.7. The van der Waals surface area contributed by atoms with Gasteiger partial charge in [-0.2, -0.15) is 28.3 Å². The fourth-order valence-corrected chi connectivity index (χ4v) is 4.25. The lowest BCUT2D eigenvalue weighted by atomic mass is 10.1. The molecule has 4 rings (SSSR count). The number of hydrogen-bond donors (Lipinski definition) is 1. The second-order valence-electron chi connectivity index (χ2n) is 7.85. The van der Waals surface area contributed by atoms with Crippen molar-refractivity contribution >= 4 is 39.8 Å². The van der Waals surface area contributed by atoms with Gasteiger partial charge in [-0.25, -0.2) is 0 Å². The van der Waals surface area contributed by atoms with E-state index in [4.69, 9.17) is 19.6 Å². The maximum Gasteiger partial charge on any atom is 0.441 e. The van der Waals surface area contributed by atoms with Crippen LogP contribution in [0, 0.1) is 19.3 Å². The minimum atomic E-state index is -4.70. The molecule has 0 unspecified atom stereocenters. The lowest BCUT2D eigenvalue weighted by Gasteiger charge is -2.20. The molecule has 0 bridgehead atoms. The fraction of sp³-hybridized carbons (Fsp3) is 0.250. The number of amidine groups is 2. The van der Waals surface area contributed by atoms with Gasteiger partial charge in [-0.15, -0.1) is 0 Å². The number of aryl methyl sites for hydroxylation is 2. The van der Waals surface area contributed by atoms with Crippen LogP contribution in [0.1, 0.15) is 16.7 Å². The molecule has 1 amide bonds. The van der Waals surface area contributed by atoms with Gasteiger partial charge >= 0.3 is 6.18 Å². The number of carbonyl (C=O) groups excluding carboxylic acids is 1. The number of amides is 1. The lowest BCUT2D eigenvalue weighted by molar-refractivity contribution is -0.114. The lowest BCUT2D eigenvalue weighted by Crippen LogP contribution is -2.35. The molecule has 1 N–H and O–H groups in total. The maximum absolute atomic E-state index is 13.0. The van der Waals surface area contributed by atoms with E-state index in [9.17, 15) is 18.0 Å². The molecule has 12 heteroatoms. The quantitative estimate of drug-likeness (QED) is 0.412. The van der Waals surface area contributed by atoms with Gasteiger partial charge in [0, 0.05) is 0 Å². The van der Waals surface area contributed by atoms with Gasteiger partial charge in [0.25, 0.3) is 5.91 Å². The number of benzene rings is 2. The van der Waals surface area contributed by atoms with Crippen molar-refractivity contribution in [2.45, 2.75) is 20.0 Å². The molecule has 2 aliphatic rings. The minimum Gasteiger partial charge on any atom is -0.493 e. The van der Waals surface area contributed by atoms with E-state index in [1.807, 2.05) is 26.0 Å². The molecule has 0 fully saturated rings. The third-order valence-corrected chi connectivity index (χ3v) is 5.95. The number of hydrazone groups is 1. The molecule has 36 heavy (non-hydrogen) atoms. The van der Waals surface area contributed by atoms with Crippen LogP contribution in [0.4, 0.5) is 13.2 Å². The third-order valence-electron chi connectivity index (χ3n) is 5.00. The fourth-order valence-electron chi connectivity index (χ4n) is 3.49. The van der Waals surface area contributed by atoms with Crippen LogP contribution in [0.15, 0.2) is 52.1 Å². The largest absolute Gasteiger partial charge is 0.493 e. The number of nitrogens with one attached hydrogen (secondary N) is 1. The van der Waals surface area contributed by atoms with Crippen molar-refractivity contribution in [3.63, 3.8) is 0 Å². The van der Waals surface area contributed by atoms with Crippen molar-refractivity contribution in [2.24, 2.45) is 10.1 Å². The molecular weight excluding hydrogens is 497 g/mol. The number of rotatable bonds is 7. The standard InChI is InChI=1S/C24H21F3N4O4S/c1-13-8-14(2)10-16(9-13)34-6-7-35-18-5-4-15(12-19(18)33-3)11-17-20(28)31-23(29-21(17)32)36-22(30-31)24(25,26)27/h4-5,8-12,28H,6-7H2,1-3H3/b17-11-,28-20?. The van der Waals surface area contributed by atoms with E-state index in [2.05, 4.69) is 16.2 Å². The van der Waals surface area contributed by atoms with Crippen molar-refractivity contribution in [2.75, 3.05) is 20.3 Å². The van der Waals surface area contributed by atoms with Gasteiger partial charge in [0.2, 0.25) is 10.2 Å². The average Bonchev–Trinajstić information content (AvgIpc) is 3.24. The molecule has 8 nitrogen and oxygen atoms in total. The van der Waals surface area contributed by atoms with Crippen LogP contribution >= 0.6 is 11.8 Å². The number of aliphatic imine (C=N–C) groups is 1. The molecule has 2 heterocycles. The first kappa shape index (κ1) is 25.3. The van der Waals surface area contributed by atoms with Crippen LogP contribution in [0.2, 0.25) is 0 Å². The predicted molar refractivity (Wildman–Crippen MR) is 131 cm³/mol. The first-order valence-electron chi connectivity index (χ1n) is 10.6. The highest BCUT2D eigenvalue weighted by molar-refractivity contribution is 8.27. The van der Waals surface area contributed by atoms with Crippen LogP contribution in [0.25, 0.3) is 6.08 Å². The van der Waals surface area contributed by atoms with Crippen molar-refractivity contribution < 1.29 is 32.2 Å². The molecule has 0 saturated heterocycles. The smallest absolute Gasteiger partial charge is 0.441 e. The Morgan fingerprint density at radius 2 is 1.75 bits per heavy atom. The third kappa shape index (κ3) is 5.54. The van der Waals surface area contributed by atoms with E-state index in [0.717, 1.165) is 16.9 Å². The summed E-state index contributed by atoms with van der Waals surface area (Å²) in [6.07, 6.45) is -3.36. The second-order valence-corrected chi connectivity index (χ2v) is 8.81. The summed E-state index contributed by atoms with van der Waals surface area (Å²) in [7, 11) is 1.45. The van der Waals surface area contributed by atoms with Crippen LogP contribution in [-0.2, 0) is 4.79 Å². The molecule has 0 atom stereocenters. The van der Waals surface area contributed by atoms with E-state index in [1.54, 1.807) is 18.2 Å². The number of halogens is 3. The number of thioether (sulfide) groups is 1. The Labute approximate surface area is 208 Å². The van der Waals surface area contributed by atoms with E-state index in [0.29, 0.717) is 28.7 Å². The number of methoxy groups -OCH3 is 1. The number of carbonyl (C=O) groups is 1. The number of hydrogen-bond acceptors (Lipinski definition) is 7. The van der Waals surface area contributed by atoms with Crippen molar-refractivity contribution in [1.29, 1.82) is 5.41 Å². The average molecular weight is 519 g/mol. The van der Waals surface area contributed by atoms with E-state index >= 15 is 0 Å². The van der Waals surface area contributed by atoms with E-state index in [-0.39, 0.29) is 29.1 Å². The highest BCUT2D eigenvalue weighted by atomic mass is 32.2. The van der Waals surface area contributed by atoms with Crippen molar-refractivity contribution in [3.05, 3.63) is 58.7 Å². The molecule has 2 aromatic rings. The summed E-state index contributed by atoms with van der Waals surface area (Å²) in [5.74, 6) is 0.214. The summed E-state index contributed by atoms with van der Waals surface area (Å²) < 4.78 is 55.8. The molecule has 188 valence electrons. The molecule has 0 aromatic heterocycles. The summed E-state index contributed by atoms with van der Waals surface area (Å²) in [4.78, 5) is 16.1. The van der Waals surface area contributed by atoms with Crippen molar-refractivity contribution in [3.8, 4) is 17.2 Å². The topological polar surface area (TPSA) is 96.6 Å². The Morgan fingerprint density at radius 3 is 2.42 bits per heavy atom. The molecular formula is C24H21F3N4O4S. The monoisotopic (exact) mass is 518 g/mol. The Hall–Kier alpha value is -3.80. The van der Waals surface area contributed by atoms with Crippen LogP contribution in [0.5, 0.6) is 17.2 Å². The molecule has 0 spiro atoms. The molecule has 2 aromatic carbocycles. The van der Waals surface area contributed by atoms with Gasteiger partial charge in [0.1, 0.15) is 19.0 Å². The zero-order valence-electron chi connectivity index (χ0n) is 19.5. The van der Waals surface area contributed by atoms with Gasteiger partial charge < -0.3 is 14.2 Å². The molecule has 2 aliphatic heterocycles. The number of ether oxygens (including phenoxy) is 3. The van der Waals surface area contributed by atoms with Crippen LogP contribution in [0.3, 0.4) is 0 Å². The van der Waals surface area contributed by atoms with Gasteiger partial charge in [0.15, 0.2) is 17.3 Å². The zero-order chi connectivity index (χ0) is 26.0. The summed E-state index contributed by atoms with van der Waals surface area (Å²) in [5.41, 5.74) is 2.45. The number of fused-ring (bicyclic) bond motifs is 1. The highest BCUT2D eigenvalue weighted by Gasteiger charge is 2.46. The Morgan fingerprint density at radius 1 is 1.06 bits per heavy atom. The van der Waals surface area contributed by atoms with Gasteiger partial charge in [-0.3, -0.25) is 10.2 Å². The molecule has 0 saturated carbocycles. The highest BCUT2D eigenvalue weighted by Crippen LogP contribution is 2.36. The van der Waals surface area contributed by atoms with Crippen LogP contribution < -0.4 is 14.2 Å². The van der Waals surface area contributed by atoms with E-state index < -0.39 is 23.0 Å². The van der Waals surface area contributed by atoms with E-state index in [1.165, 1.54) is 13.2 Å². The SMILES string of the molecule is COc1cc(/C=C2/C(=N)N3N=C(C(F)(F)F)SC3=NC2=O)ccc1OCCOc1cc(C)cc(C)c1. The summed E-state index contributed by atoms with van der Waals surface area (Å²) in [5, 5.41) is 10.8. The Bertz CT molecular complexity index is 1300. The Balaban J connectivity index is 1.45. The van der Waals surface area contributed by atoms with Crippen molar-refractivity contribution in [1.82, 2.24) is 5.01 Å². The first-order chi connectivity index (χ1) is 17.0. The maximum atomic E-state index is 13.0. The van der Waals surface area contributed by atoms with Gasteiger partial charge in [0.05, 0.1) is 12.7 Å². The molecule has 0 radical (unpaired) electrons. The minimum absolute atomic E-state index is 0.200. The molecule has 0 aliphatic carbocycles. The predicted octanol–water partition coefficient (Wildman–Crippen LogP) is 4.95. The second kappa shape index (κ2) is 10.1. The zero-order valence-corrected chi connectivity index (χ0v) is 20.3. The normalized spacial score (nSPS) is 16.6. The number of nitrogens with zero attached hydrogens (tertiary/aromatic N) is 3. The van der Waals surface area contributed by atoms with Gasteiger partial charge in [-0.05, 0) is 72.6 Å². The number of alkyl halides is 3. The summed E-state index contributed by atoms with van der Waals surface area (Å²) >= 11 is 0.200. The summed E-state index contributed by atoms with van der Waals surface area (Å²) in [6.45, 7) is 4.53. The van der Waals surface area contributed by atoms with Crippen LogP contribution in [-0.4, -0.2) is 53.5 Å². The first-order valence-corrected chi connectivity index (χ1v) is 11.5. The van der Waals surface area contributed by atoms with Gasteiger partial charge in [-0.1, -0.05) is 12.1 Å².